The number of hydrogen-bond acceptors (Lipinski definition) is 6. The minimum Gasteiger partial charge on any atom is -0.497 e. The number of aromatic nitrogens is 3. The highest BCUT2D eigenvalue weighted by atomic mass is 16.5. The molecule has 0 aliphatic heterocycles. The zero-order chi connectivity index (χ0) is 19.8. The van der Waals surface area contributed by atoms with Gasteiger partial charge in [0, 0.05) is 44.3 Å². The van der Waals surface area contributed by atoms with Crippen LogP contribution in [-0.2, 0) is 12.8 Å². The SMILES string of the molecule is COc1cccc(CCNc2cc(C)nc(N(C)CCc3ccncc3)n2)c1. The number of aryl methyl sites for hydroxylation is 1. The zero-order valence-electron chi connectivity index (χ0n) is 16.7. The molecule has 0 saturated carbocycles. The van der Waals surface area contributed by atoms with Crippen molar-refractivity contribution < 1.29 is 4.74 Å². The molecule has 3 aromatic rings. The van der Waals surface area contributed by atoms with Crippen molar-refractivity contribution in [1.29, 1.82) is 0 Å². The Labute approximate surface area is 166 Å². The van der Waals surface area contributed by atoms with Crippen LogP contribution in [0.2, 0.25) is 0 Å². The van der Waals surface area contributed by atoms with Crippen molar-refractivity contribution in [3.63, 3.8) is 0 Å². The molecular weight excluding hydrogens is 350 g/mol. The number of methoxy groups -OCH3 is 1. The fraction of sp³-hybridized carbons (Fsp3) is 0.318. The molecule has 0 saturated heterocycles. The fourth-order valence-corrected chi connectivity index (χ4v) is 2.92. The number of pyridine rings is 1. The van der Waals surface area contributed by atoms with E-state index in [1.807, 2.05) is 56.7 Å². The summed E-state index contributed by atoms with van der Waals surface area (Å²) in [4.78, 5) is 15.4. The number of ether oxygens (including phenoxy) is 1. The number of rotatable bonds is 9. The van der Waals surface area contributed by atoms with Crippen LogP contribution in [0.4, 0.5) is 11.8 Å². The maximum atomic E-state index is 5.28. The van der Waals surface area contributed by atoms with Crippen molar-refractivity contribution >= 4 is 11.8 Å². The summed E-state index contributed by atoms with van der Waals surface area (Å²) in [6.45, 7) is 3.63. The summed E-state index contributed by atoms with van der Waals surface area (Å²) in [5.74, 6) is 2.47. The van der Waals surface area contributed by atoms with Gasteiger partial charge in [-0.05, 0) is 55.2 Å². The molecule has 0 bridgehead atoms. The predicted octanol–water partition coefficient (Wildman–Crippen LogP) is 3.52. The number of anilines is 2. The molecule has 0 amide bonds. The quantitative estimate of drug-likeness (QED) is 0.616. The molecule has 146 valence electrons. The highest BCUT2D eigenvalue weighted by Gasteiger charge is 2.08. The molecule has 1 aromatic carbocycles. The van der Waals surface area contributed by atoms with Crippen LogP contribution < -0.4 is 15.0 Å². The number of benzene rings is 1. The number of hydrogen-bond donors (Lipinski definition) is 1. The van der Waals surface area contributed by atoms with E-state index in [4.69, 9.17) is 4.74 Å². The van der Waals surface area contributed by atoms with E-state index in [2.05, 4.69) is 37.3 Å². The Kier molecular flexibility index (Phi) is 6.78. The first-order valence-electron chi connectivity index (χ1n) is 9.46. The van der Waals surface area contributed by atoms with Crippen molar-refractivity contribution in [2.45, 2.75) is 19.8 Å². The van der Waals surface area contributed by atoms with Crippen LogP contribution in [0, 0.1) is 6.92 Å². The topological polar surface area (TPSA) is 63.2 Å². The van der Waals surface area contributed by atoms with Gasteiger partial charge in [0.2, 0.25) is 5.95 Å². The van der Waals surface area contributed by atoms with Crippen LogP contribution in [0.1, 0.15) is 16.8 Å². The molecule has 0 radical (unpaired) electrons. The van der Waals surface area contributed by atoms with Crippen molar-refractivity contribution in [2.24, 2.45) is 0 Å². The highest BCUT2D eigenvalue weighted by molar-refractivity contribution is 5.43. The predicted molar refractivity (Wildman–Crippen MR) is 113 cm³/mol. The standard InChI is InChI=1S/C22H27N5O/c1-17-15-21(24-13-9-19-5-4-6-20(16-19)28-3)26-22(25-17)27(2)14-10-18-7-11-23-12-8-18/h4-8,11-12,15-16H,9-10,13-14H2,1-3H3,(H,24,25,26). The van der Waals surface area contributed by atoms with Gasteiger partial charge in [-0.1, -0.05) is 12.1 Å². The smallest absolute Gasteiger partial charge is 0.227 e. The van der Waals surface area contributed by atoms with Crippen molar-refractivity contribution in [1.82, 2.24) is 15.0 Å². The molecule has 0 unspecified atom stereocenters. The summed E-state index contributed by atoms with van der Waals surface area (Å²) in [6.07, 6.45) is 5.47. The Balaban J connectivity index is 1.57. The second kappa shape index (κ2) is 9.69. The van der Waals surface area contributed by atoms with E-state index in [0.29, 0.717) is 0 Å². The van der Waals surface area contributed by atoms with Gasteiger partial charge >= 0.3 is 0 Å². The normalized spacial score (nSPS) is 10.5. The van der Waals surface area contributed by atoms with Crippen LogP contribution in [0.15, 0.2) is 54.9 Å². The van der Waals surface area contributed by atoms with E-state index in [-0.39, 0.29) is 0 Å². The summed E-state index contributed by atoms with van der Waals surface area (Å²) in [5, 5.41) is 3.41. The second-order valence-electron chi connectivity index (χ2n) is 6.75. The van der Waals surface area contributed by atoms with Crippen LogP contribution in [-0.4, -0.2) is 42.2 Å². The van der Waals surface area contributed by atoms with Crippen LogP contribution in [0.5, 0.6) is 5.75 Å². The van der Waals surface area contributed by atoms with E-state index in [0.717, 1.165) is 49.1 Å². The summed E-state index contributed by atoms with van der Waals surface area (Å²) < 4.78 is 5.28. The van der Waals surface area contributed by atoms with Gasteiger partial charge in [0.05, 0.1) is 7.11 Å². The van der Waals surface area contributed by atoms with Crippen molar-refractivity contribution in [2.75, 3.05) is 37.5 Å². The highest BCUT2D eigenvalue weighted by Crippen LogP contribution is 2.15. The van der Waals surface area contributed by atoms with Crippen LogP contribution in [0.3, 0.4) is 0 Å². The first kappa shape index (κ1) is 19.6. The van der Waals surface area contributed by atoms with Gasteiger partial charge in [0.25, 0.3) is 0 Å². The molecule has 28 heavy (non-hydrogen) atoms. The zero-order valence-corrected chi connectivity index (χ0v) is 16.7. The number of nitrogens with one attached hydrogen (secondary N) is 1. The minimum atomic E-state index is 0.734. The molecule has 0 spiro atoms. The Morgan fingerprint density at radius 2 is 1.82 bits per heavy atom. The number of likely N-dealkylation sites (N-methyl/N-ethyl adjacent to an activating group) is 1. The van der Waals surface area contributed by atoms with Gasteiger partial charge in [-0.15, -0.1) is 0 Å². The average Bonchev–Trinajstić information content (AvgIpc) is 2.72. The average molecular weight is 377 g/mol. The molecule has 2 heterocycles. The molecule has 0 atom stereocenters. The van der Waals surface area contributed by atoms with E-state index >= 15 is 0 Å². The van der Waals surface area contributed by atoms with Gasteiger partial charge in [-0.3, -0.25) is 4.98 Å². The molecule has 0 aliphatic carbocycles. The molecule has 1 N–H and O–H groups in total. The Hall–Kier alpha value is -3.15. The van der Waals surface area contributed by atoms with E-state index in [9.17, 15) is 0 Å². The van der Waals surface area contributed by atoms with Gasteiger partial charge < -0.3 is 15.0 Å². The summed E-state index contributed by atoms with van der Waals surface area (Å²) >= 11 is 0. The van der Waals surface area contributed by atoms with Crippen LogP contribution >= 0.6 is 0 Å². The molecule has 2 aromatic heterocycles. The lowest BCUT2D eigenvalue weighted by atomic mass is 10.1. The summed E-state index contributed by atoms with van der Waals surface area (Å²) in [6, 6.07) is 14.2. The van der Waals surface area contributed by atoms with Gasteiger partial charge in [0.1, 0.15) is 11.6 Å². The summed E-state index contributed by atoms with van der Waals surface area (Å²) in [5.41, 5.74) is 3.43. The maximum Gasteiger partial charge on any atom is 0.227 e. The molecule has 6 heteroatoms. The first-order valence-corrected chi connectivity index (χ1v) is 9.46. The van der Waals surface area contributed by atoms with E-state index < -0.39 is 0 Å². The van der Waals surface area contributed by atoms with Crippen LogP contribution in [0.25, 0.3) is 0 Å². The Morgan fingerprint density at radius 3 is 2.61 bits per heavy atom. The number of nitrogens with zero attached hydrogens (tertiary/aromatic N) is 4. The summed E-state index contributed by atoms with van der Waals surface area (Å²) in [7, 11) is 3.71. The fourth-order valence-electron chi connectivity index (χ4n) is 2.92. The van der Waals surface area contributed by atoms with Gasteiger partial charge in [-0.2, -0.15) is 4.98 Å². The van der Waals surface area contributed by atoms with E-state index in [1.165, 1.54) is 11.1 Å². The monoisotopic (exact) mass is 377 g/mol. The molecule has 3 rings (SSSR count). The maximum absolute atomic E-state index is 5.28. The van der Waals surface area contributed by atoms with Gasteiger partial charge in [0.15, 0.2) is 0 Å². The Morgan fingerprint density at radius 1 is 1.00 bits per heavy atom. The molecule has 6 nitrogen and oxygen atoms in total. The molecular formula is C22H27N5O. The third kappa shape index (κ3) is 5.67. The third-order valence-electron chi connectivity index (χ3n) is 4.52. The molecule has 0 aliphatic rings. The second-order valence-corrected chi connectivity index (χ2v) is 6.75. The van der Waals surface area contributed by atoms with E-state index in [1.54, 1.807) is 7.11 Å². The first-order chi connectivity index (χ1) is 13.6. The Bertz CT molecular complexity index is 885. The van der Waals surface area contributed by atoms with Gasteiger partial charge in [-0.25, -0.2) is 4.98 Å². The lowest BCUT2D eigenvalue weighted by Gasteiger charge is -2.18. The lowest BCUT2D eigenvalue weighted by Crippen LogP contribution is -2.23. The van der Waals surface area contributed by atoms with Crippen molar-refractivity contribution in [3.05, 3.63) is 71.7 Å². The van der Waals surface area contributed by atoms with Crippen molar-refractivity contribution in [3.8, 4) is 5.75 Å². The minimum absolute atomic E-state index is 0.734. The third-order valence-corrected chi connectivity index (χ3v) is 4.52. The largest absolute Gasteiger partial charge is 0.497 e. The lowest BCUT2D eigenvalue weighted by molar-refractivity contribution is 0.414. The molecule has 0 fully saturated rings.